The van der Waals surface area contributed by atoms with Crippen molar-refractivity contribution in [2.75, 3.05) is 13.6 Å². The SMILES string of the molecule is CNCCC(=O)NC(C)c1ccc(Cl)s1.Cl. The van der Waals surface area contributed by atoms with E-state index in [2.05, 4.69) is 10.6 Å². The van der Waals surface area contributed by atoms with Crippen LogP contribution in [0.2, 0.25) is 4.34 Å². The highest BCUT2D eigenvalue weighted by atomic mass is 35.5. The lowest BCUT2D eigenvalue weighted by molar-refractivity contribution is -0.121. The second-order valence-corrected chi connectivity index (χ2v) is 5.03. The van der Waals surface area contributed by atoms with Gasteiger partial charge in [0.2, 0.25) is 5.91 Å². The number of amides is 1. The van der Waals surface area contributed by atoms with E-state index in [1.165, 1.54) is 11.3 Å². The Morgan fingerprint density at radius 1 is 1.56 bits per heavy atom. The van der Waals surface area contributed by atoms with E-state index in [1.807, 2.05) is 26.1 Å². The zero-order valence-corrected chi connectivity index (χ0v) is 11.6. The lowest BCUT2D eigenvalue weighted by atomic mass is 10.2. The number of rotatable bonds is 5. The molecule has 0 aliphatic rings. The third kappa shape index (κ3) is 5.16. The van der Waals surface area contributed by atoms with Crippen LogP contribution in [0.15, 0.2) is 12.1 Å². The van der Waals surface area contributed by atoms with E-state index in [0.717, 1.165) is 9.21 Å². The zero-order valence-electron chi connectivity index (χ0n) is 9.25. The number of hydrogen-bond donors (Lipinski definition) is 2. The predicted octanol–water partition coefficient (Wildman–Crippen LogP) is 2.61. The molecule has 1 heterocycles. The van der Waals surface area contributed by atoms with Crippen LogP contribution in [0.5, 0.6) is 0 Å². The van der Waals surface area contributed by atoms with Crippen LogP contribution in [0, 0.1) is 0 Å². The summed E-state index contributed by atoms with van der Waals surface area (Å²) >= 11 is 7.32. The predicted molar refractivity (Wildman–Crippen MR) is 71.7 cm³/mol. The number of carbonyl (C=O) groups is 1. The highest BCUT2D eigenvalue weighted by Gasteiger charge is 2.10. The number of halogens is 2. The van der Waals surface area contributed by atoms with E-state index in [1.54, 1.807) is 0 Å². The van der Waals surface area contributed by atoms with Crippen molar-refractivity contribution in [1.82, 2.24) is 10.6 Å². The monoisotopic (exact) mass is 282 g/mol. The molecule has 1 atom stereocenters. The number of hydrogen-bond acceptors (Lipinski definition) is 3. The Morgan fingerprint density at radius 3 is 2.75 bits per heavy atom. The van der Waals surface area contributed by atoms with E-state index in [-0.39, 0.29) is 24.4 Å². The zero-order chi connectivity index (χ0) is 11.3. The highest BCUT2D eigenvalue weighted by Crippen LogP contribution is 2.26. The summed E-state index contributed by atoms with van der Waals surface area (Å²) in [5.41, 5.74) is 0. The molecular weight excluding hydrogens is 267 g/mol. The lowest BCUT2D eigenvalue weighted by Gasteiger charge is -2.11. The number of carbonyl (C=O) groups excluding carboxylic acids is 1. The maximum atomic E-state index is 11.4. The summed E-state index contributed by atoms with van der Waals surface area (Å²) < 4.78 is 0.751. The topological polar surface area (TPSA) is 41.1 Å². The molecule has 1 aromatic heterocycles. The highest BCUT2D eigenvalue weighted by molar-refractivity contribution is 7.16. The molecule has 1 amide bonds. The number of nitrogens with one attached hydrogen (secondary N) is 2. The normalized spacial score (nSPS) is 11.7. The van der Waals surface area contributed by atoms with Gasteiger partial charge in [-0.15, -0.1) is 23.7 Å². The number of thiophene rings is 1. The first-order valence-corrected chi connectivity index (χ1v) is 6.02. The van der Waals surface area contributed by atoms with Gasteiger partial charge in [0, 0.05) is 17.8 Å². The minimum absolute atomic E-state index is 0. The molecule has 2 N–H and O–H groups in total. The Hall–Kier alpha value is -0.290. The summed E-state index contributed by atoms with van der Waals surface area (Å²) in [5, 5.41) is 5.85. The molecule has 0 aromatic carbocycles. The largest absolute Gasteiger partial charge is 0.349 e. The molecule has 1 aromatic rings. The van der Waals surface area contributed by atoms with Gasteiger partial charge in [0.05, 0.1) is 10.4 Å². The van der Waals surface area contributed by atoms with Crippen molar-refractivity contribution < 1.29 is 4.79 Å². The Kier molecular flexibility index (Phi) is 7.76. The molecule has 0 aliphatic carbocycles. The molecule has 0 spiro atoms. The Labute approximate surface area is 111 Å². The minimum atomic E-state index is 0. The Balaban J connectivity index is 0.00000225. The van der Waals surface area contributed by atoms with Gasteiger partial charge in [-0.25, -0.2) is 0 Å². The fourth-order valence-electron chi connectivity index (χ4n) is 1.18. The molecule has 1 unspecified atom stereocenters. The Bertz CT molecular complexity index is 330. The summed E-state index contributed by atoms with van der Waals surface area (Å²) in [6, 6.07) is 3.82. The maximum absolute atomic E-state index is 11.4. The molecule has 3 nitrogen and oxygen atoms in total. The van der Waals surface area contributed by atoms with E-state index in [4.69, 9.17) is 11.6 Å². The molecule has 16 heavy (non-hydrogen) atoms. The van der Waals surface area contributed by atoms with Gasteiger partial charge in [-0.3, -0.25) is 4.79 Å². The fourth-order valence-corrected chi connectivity index (χ4v) is 2.25. The van der Waals surface area contributed by atoms with E-state index in [0.29, 0.717) is 13.0 Å². The van der Waals surface area contributed by atoms with E-state index >= 15 is 0 Å². The third-order valence-electron chi connectivity index (χ3n) is 2.00. The average Bonchev–Trinajstić information content (AvgIpc) is 2.61. The molecule has 92 valence electrons. The van der Waals surface area contributed by atoms with Crippen molar-refractivity contribution in [2.45, 2.75) is 19.4 Å². The van der Waals surface area contributed by atoms with Gasteiger partial charge in [-0.1, -0.05) is 11.6 Å². The molecule has 1 rings (SSSR count). The maximum Gasteiger partial charge on any atom is 0.221 e. The van der Waals surface area contributed by atoms with E-state index < -0.39 is 0 Å². The first-order chi connectivity index (χ1) is 7.13. The lowest BCUT2D eigenvalue weighted by Crippen LogP contribution is -2.28. The average molecular weight is 283 g/mol. The third-order valence-corrected chi connectivity index (χ3v) is 3.41. The van der Waals surface area contributed by atoms with Crippen molar-refractivity contribution in [1.29, 1.82) is 0 Å². The molecular formula is C10H16Cl2N2OS. The van der Waals surface area contributed by atoms with Crippen molar-refractivity contribution in [3.63, 3.8) is 0 Å². The van der Waals surface area contributed by atoms with Crippen LogP contribution in [0.4, 0.5) is 0 Å². The standard InChI is InChI=1S/C10H15ClN2OS.ClH/c1-7(8-3-4-9(11)15-8)13-10(14)5-6-12-2;/h3-4,7,12H,5-6H2,1-2H3,(H,13,14);1H. The summed E-state index contributed by atoms with van der Waals surface area (Å²) in [5.74, 6) is 0.0568. The van der Waals surface area contributed by atoms with Gasteiger partial charge in [0.15, 0.2) is 0 Å². The van der Waals surface area contributed by atoms with Crippen molar-refractivity contribution in [3.05, 3.63) is 21.3 Å². The van der Waals surface area contributed by atoms with Crippen molar-refractivity contribution in [3.8, 4) is 0 Å². The molecule has 0 bridgehead atoms. The van der Waals surface area contributed by atoms with Crippen LogP contribution >= 0.6 is 35.3 Å². The van der Waals surface area contributed by atoms with Crippen LogP contribution in [0.3, 0.4) is 0 Å². The molecule has 0 fully saturated rings. The second kappa shape index (κ2) is 7.90. The van der Waals surface area contributed by atoms with Crippen LogP contribution in [-0.4, -0.2) is 19.5 Å². The van der Waals surface area contributed by atoms with Gasteiger partial charge in [-0.05, 0) is 26.1 Å². The summed E-state index contributed by atoms with van der Waals surface area (Å²) in [7, 11) is 1.83. The van der Waals surface area contributed by atoms with Crippen LogP contribution in [-0.2, 0) is 4.79 Å². The summed E-state index contributed by atoms with van der Waals surface area (Å²) in [6.07, 6.45) is 0.500. The summed E-state index contributed by atoms with van der Waals surface area (Å²) in [6.45, 7) is 2.66. The first kappa shape index (κ1) is 15.7. The summed E-state index contributed by atoms with van der Waals surface area (Å²) in [4.78, 5) is 12.5. The molecule has 0 aliphatic heterocycles. The Morgan fingerprint density at radius 2 is 2.25 bits per heavy atom. The van der Waals surface area contributed by atoms with Gasteiger partial charge in [0.25, 0.3) is 0 Å². The fraction of sp³-hybridized carbons (Fsp3) is 0.500. The van der Waals surface area contributed by atoms with Gasteiger partial charge < -0.3 is 10.6 Å². The van der Waals surface area contributed by atoms with Crippen molar-refractivity contribution >= 4 is 41.3 Å². The molecule has 0 saturated heterocycles. The molecule has 6 heteroatoms. The minimum Gasteiger partial charge on any atom is -0.349 e. The first-order valence-electron chi connectivity index (χ1n) is 4.82. The van der Waals surface area contributed by atoms with E-state index in [9.17, 15) is 4.79 Å². The quantitative estimate of drug-likeness (QED) is 0.872. The van der Waals surface area contributed by atoms with Crippen LogP contribution in [0.25, 0.3) is 0 Å². The van der Waals surface area contributed by atoms with Gasteiger partial charge >= 0.3 is 0 Å². The second-order valence-electron chi connectivity index (χ2n) is 3.28. The van der Waals surface area contributed by atoms with Crippen LogP contribution in [0.1, 0.15) is 24.3 Å². The van der Waals surface area contributed by atoms with Gasteiger partial charge in [-0.2, -0.15) is 0 Å². The van der Waals surface area contributed by atoms with Crippen LogP contribution < -0.4 is 10.6 Å². The molecule has 0 saturated carbocycles. The van der Waals surface area contributed by atoms with Crippen molar-refractivity contribution in [2.24, 2.45) is 0 Å². The smallest absolute Gasteiger partial charge is 0.221 e. The molecule has 0 radical (unpaired) electrons. The van der Waals surface area contributed by atoms with Gasteiger partial charge in [0.1, 0.15) is 0 Å².